The molecule has 4 amide bonds. The van der Waals surface area contributed by atoms with E-state index in [0.717, 1.165) is 32.0 Å². The summed E-state index contributed by atoms with van der Waals surface area (Å²) in [5.41, 5.74) is 1.87. The lowest BCUT2D eigenvalue weighted by Crippen LogP contribution is -2.78. The molecule has 0 aliphatic carbocycles. The van der Waals surface area contributed by atoms with Gasteiger partial charge in [-0.1, -0.05) is 60.7 Å². The van der Waals surface area contributed by atoms with Crippen molar-refractivity contribution >= 4 is 56.0 Å². The van der Waals surface area contributed by atoms with Gasteiger partial charge in [0.05, 0.1) is 19.0 Å². The first-order valence-electron chi connectivity index (χ1n) is 13.8. The van der Waals surface area contributed by atoms with Crippen molar-refractivity contribution < 1.29 is 24.3 Å². The lowest BCUT2D eigenvalue weighted by atomic mass is 9.97. The van der Waals surface area contributed by atoms with Crippen molar-refractivity contribution in [3.8, 4) is 0 Å². The minimum Gasteiger partial charge on any atom is -0.481 e. The van der Waals surface area contributed by atoms with Crippen molar-refractivity contribution in [1.82, 2.24) is 25.1 Å². The fourth-order valence-corrected chi connectivity index (χ4v) is 7.13. The summed E-state index contributed by atoms with van der Waals surface area (Å²) in [6.07, 6.45) is -1.44. The predicted octanol–water partition coefficient (Wildman–Crippen LogP) is 3.86. The zero-order valence-electron chi connectivity index (χ0n) is 23.3. The molecule has 3 atom stereocenters. The summed E-state index contributed by atoms with van der Waals surface area (Å²) >= 11 is 1.57. The number of benzene rings is 3. The number of nitrogens with zero attached hydrogens (tertiary/aromatic N) is 4. The molecule has 216 valence electrons. The van der Waals surface area contributed by atoms with E-state index in [2.05, 4.69) is 5.32 Å². The van der Waals surface area contributed by atoms with E-state index in [4.69, 9.17) is 0 Å². The summed E-state index contributed by atoms with van der Waals surface area (Å²) in [6, 6.07) is 19.4. The zero-order chi connectivity index (χ0) is 29.5. The zero-order valence-corrected chi connectivity index (χ0v) is 24.1. The van der Waals surface area contributed by atoms with Crippen LogP contribution in [0.3, 0.4) is 0 Å². The summed E-state index contributed by atoms with van der Waals surface area (Å²) < 4.78 is 1.08. The third-order valence-corrected chi connectivity index (χ3v) is 9.18. The number of likely N-dealkylation sites (N-methyl/N-ethyl adjacent to an activating group) is 1. The van der Waals surface area contributed by atoms with Gasteiger partial charge in [0.2, 0.25) is 11.8 Å². The first-order valence-corrected chi connectivity index (χ1v) is 14.7. The highest BCUT2D eigenvalue weighted by atomic mass is 32.1. The van der Waals surface area contributed by atoms with Crippen molar-refractivity contribution in [2.24, 2.45) is 0 Å². The van der Waals surface area contributed by atoms with E-state index < -0.39 is 48.5 Å². The number of hydrogen-bond acceptors (Lipinski definition) is 6. The summed E-state index contributed by atoms with van der Waals surface area (Å²) in [4.78, 5) is 55.9. The number of carbonyl (C=O) groups excluding carboxylic acids is 3. The molecule has 0 radical (unpaired) electrons. The Bertz CT molecular complexity index is 1700. The number of hydrazine groups is 1. The Balaban J connectivity index is 1.33. The number of aliphatic carboxylic acids is 1. The highest BCUT2D eigenvalue weighted by Gasteiger charge is 2.54. The predicted molar refractivity (Wildman–Crippen MR) is 159 cm³/mol. The van der Waals surface area contributed by atoms with Crippen LogP contribution in [0.15, 0.2) is 72.1 Å². The number of hydrogen-bond donors (Lipinski definition) is 2. The van der Waals surface area contributed by atoms with Crippen LogP contribution in [0.1, 0.15) is 24.5 Å². The van der Waals surface area contributed by atoms with Gasteiger partial charge in [-0.25, -0.2) is 14.8 Å². The highest BCUT2D eigenvalue weighted by Crippen LogP contribution is 2.34. The minimum atomic E-state index is -1.23. The molecule has 0 unspecified atom stereocenters. The average Bonchev–Trinajstić information content (AvgIpc) is 3.38. The number of carboxylic acids is 1. The lowest BCUT2D eigenvalue weighted by Gasteiger charge is -2.57. The van der Waals surface area contributed by atoms with E-state index in [0.29, 0.717) is 0 Å². The second-order valence-corrected chi connectivity index (χ2v) is 11.7. The van der Waals surface area contributed by atoms with Crippen molar-refractivity contribution in [3.63, 3.8) is 0 Å². The Morgan fingerprint density at radius 1 is 0.976 bits per heavy atom. The molecule has 10 nitrogen and oxygen atoms in total. The SMILES string of the molecule is C[C@H]1[C@H]2N(C(=O)CN(C)N2C(=O)NCc2cccc3ccccc23)[C@@H](CC(=O)O)C(=O)N1Cc1csc2ccccc12. The molecule has 2 aliphatic heterocycles. The number of rotatable bonds is 6. The molecule has 0 spiro atoms. The molecule has 2 aliphatic rings. The van der Waals surface area contributed by atoms with E-state index in [-0.39, 0.29) is 19.6 Å². The maximum Gasteiger partial charge on any atom is 0.334 e. The van der Waals surface area contributed by atoms with Gasteiger partial charge in [-0.3, -0.25) is 14.4 Å². The molecular formula is C31H31N5O5S. The molecule has 1 aromatic heterocycles. The van der Waals surface area contributed by atoms with Gasteiger partial charge < -0.3 is 20.2 Å². The van der Waals surface area contributed by atoms with Gasteiger partial charge in [0, 0.05) is 24.8 Å². The summed E-state index contributed by atoms with van der Waals surface area (Å²) in [5.74, 6) is -2.03. The smallest absolute Gasteiger partial charge is 0.334 e. The number of nitrogens with one attached hydrogen (secondary N) is 1. The van der Waals surface area contributed by atoms with Crippen LogP contribution in [0.25, 0.3) is 20.9 Å². The Morgan fingerprint density at radius 3 is 2.48 bits per heavy atom. The van der Waals surface area contributed by atoms with Crippen LogP contribution in [0.2, 0.25) is 0 Å². The molecule has 3 heterocycles. The molecule has 4 aromatic rings. The first-order chi connectivity index (χ1) is 20.2. The van der Waals surface area contributed by atoms with Crippen molar-refractivity contribution in [2.75, 3.05) is 13.6 Å². The summed E-state index contributed by atoms with van der Waals surface area (Å²) in [6.45, 7) is 2.12. The third-order valence-electron chi connectivity index (χ3n) is 8.17. The Kier molecular flexibility index (Phi) is 7.29. The van der Waals surface area contributed by atoms with Gasteiger partial charge in [0.25, 0.3) is 0 Å². The topological polar surface area (TPSA) is 114 Å². The molecule has 3 aromatic carbocycles. The number of carbonyl (C=O) groups is 4. The molecule has 42 heavy (non-hydrogen) atoms. The van der Waals surface area contributed by atoms with Gasteiger partial charge in [-0.2, -0.15) is 0 Å². The average molecular weight is 586 g/mol. The second kappa shape index (κ2) is 11.1. The molecule has 2 saturated heterocycles. The molecule has 2 fully saturated rings. The third kappa shape index (κ3) is 4.84. The minimum absolute atomic E-state index is 0.163. The first kappa shape index (κ1) is 27.7. The Morgan fingerprint density at radius 2 is 1.69 bits per heavy atom. The Hall–Kier alpha value is -4.48. The van der Waals surface area contributed by atoms with Gasteiger partial charge in [0.15, 0.2) is 0 Å². The van der Waals surface area contributed by atoms with Crippen molar-refractivity contribution in [1.29, 1.82) is 0 Å². The van der Waals surface area contributed by atoms with Crippen LogP contribution in [0.5, 0.6) is 0 Å². The van der Waals surface area contributed by atoms with Gasteiger partial charge >= 0.3 is 12.0 Å². The quantitative estimate of drug-likeness (QED) is 0.356. The monoisotopic (exact) mass is 585 g/mol. The van der Waals surface area contributed by atoms with Crippen LogP contribution >= 0.6 is 11.3 Å². The van der Waals surface area contributed by atoms with Crippen molar-refractivity contribution in [3.05, 3.63) is 83.2 Å². The number of carboxylic acid groups (broad SMARTS) is 1. The van der Waals surface area contributed by atoms with Crippen LogP contribution in [0.4, 0.5) is 4.79 Å². The van der Waals surface area contributed by atoms with Crippen LogP contribution in [0, 0.1) is 0 Å². The number of amides is 4. The summed E-state index contributed by atoms with van der Waals surface area (Å²) in [5, 5.41) is 20.8. The molecule has 6 rings (SSSR count). The lowest BCUT2D eigenvalue weighted by molar-refractivity contribution is -0.197. The van der Waals surface area contributed by atoms with E-state index in [9.17, 15) is 24.3 Å². The standard InChI is InChI=1S/C31H31N5O5S/c1-19-29-35(25(14-28(38)39)30(40)34(19)16-22-18-42-26-13-6-5-12-24(22)26)27(37)17-33(2)36(29)31(41)32-15-21-10-7-9-20-8-3-4-11-23(20)21/h3-13,18-19,25,29H,14-17H2,1-2H3,(H,32,41)(H,38,39)/t19-,25-,29-/m0/s1. The second-order valence-electron chi connectivity index (χ2n) is 10.7. The molecule has 11 heteroatoms. The number of piperazine rings is 1. The van der Waals surface area contributed by atoms with E-state index in [1.54, 1.807) is 35.2 Å². The largest absolute Gasteiger partial charge is 0.481 e. The van der Waals surface area contributed by atoms with Crippen LogP contribution < -0.4 is 5.32 Å². The normalized spacial score (nSPS) is 21.2. The summed E-state index contributed by atoms with van der Waals surface area (Å²) in [7, 11) is 1.65. The maximum atomic E-state index is 13.9. The highest BCUT2D eigenvalue weighted by molar-refractivity contribution is 7.17. The van der Waals surface area contributed by atoms with Crippen LogP contribution in [-0.2, 0) is 27.5 Å². The van der Waals surface area contributed by atoms with Gasteiger partial charge in [0.1, 0.15) is 12.2 Å². The molecule has 0 saturated carbocycles. The molecular weight excluding hydrogens is 554 g/mol. The van der Waals surface area contributed by atoms with Crippen LogP contribution in [-0.4, -0.2) is 80.6 Å². The van der Waals surface area contributed by atoms with Crippen molar-refractivity contribution in [2.45, 2.75) is 44.7 Å². The molecule has 2 N–H and O–H groups in total. The van der Waals surface area contributed by atoms with Gasteiger partial charge in [-0.05, 0) is 45.7 Å². The van der Waals surface area contributed by atoms with Gasteiger partial charge in [-0.15, -0.1) is 11.3 Å². The van der Waals surface area contributed by atoms with E-state index in [1.807, 2.05) is 72.1 Å². The van der Waals surface area contributed by atoms with E-state index in [1.165, 1.54) is 9.91 Å². The fourth-order valence-electron chi connectivity index (χ4n) is 6.17. The molecule has 0 bridgehead atoms. The number of fused-ring (bicyclic) bond motifs is 3. The fraction of sp³-hybridized carbons (Fsp3) is 0.290. The number of thiophene rings is 1. The number of urea groups is 1. The Labute approximate surface area is 246 Å². The van der Waals surface area contributed by atoms with E-state index >= 15 is 0 Å². The maximum absolute atomic E-state index is 13.9.